The zero-order valence-electron chi connectivity index (χ0n) is 14.9. The molecule has 0 aliphatic heterocycles. The van der Waals surface area contributed by atoms with Gasteiger partial charge in [-0.15, -0.1) is 0 Å². The third-order valence-corrected chi connectivity index (χ3v) is 4.72. The third kappa shape index (κ3) is 3.19. The summed E-state index contributed by atoms with van der Waals surface area (Å²) in [6.45, 7) is 1.98. The van der Waals surface area contributed by atoms with Gasteiger partial charge in [0.25, 0.3) is 0 Å². The monoisotopic (exact) mass is 354 g/mol. The summed E-state index contributed by atoms with van der Waals surface area (Å²) in [5.74, 6) is 0. The number of fused-ring (bicyclic) bond motifs is 1. The van der Waals surface area contributed by atoms with Crippen LogP contribution in [0.1, 0.15) is 28.6 Å². The Kier molecular flexibility index (Phi) is 4.41. The lowest BCUT2D eigenvalue weighted by atomic mass is 9.93. The van der Waals surface area contributed by atoms with Crippen LogP contribution in [-0.4, -0.2) is 10.1 Å². The average Bonchev–Trinajstić information content (AvgIpc) is 3.13. The fourth-order valence-electron chi connectivity index (χ4n) is 3.27. The summed E-state index contributed by atoms with van der Waals surface area (Å²) in [7, 11) is 0. The van der Waals surface area contributed by atoms with Gasteiger partial charge in [-0.1, -0.05) is 47.6 Å². The highest BCUT2D eigenvalue weighted by Gasteiger charge is 2.18. The van der Waals surface area contributed by atoms with Gasteiger partial charge in [-0.05, 0) is 36.2 Å². The second kappa shape index (κ2) is 7.02. The van der Waals surface area contributed by atoms with Gasteiger partial charge >= 0.3 is 0 Å². The summed E-state index contributed by atoms with van der Waals surface area (Å²) in [6.07, 6.45) is 0.536. The molecule has 0 bridgehead atoms. The van der Waals surface area contributed by atoms with E-state index in [4.69, 9.17) is 15.5 Å². The van der Waals surface area contributed by atoms with Gasteiger partial charge in [0.15, 0.2) is 5.58 Å². The van der Waals surface area contributed by atoms with Crippen molar-refractivity contribution < 1.29 is 4.52 Å². The summed E-state index contributed by atoms with van der Waals surface area (Å²) < 4.78 is 5.47. The maximum absolute atomic E-state index is 9.11. The second-order valence-corrected chi connectivity index (χ2v) is 6.50. The summed E-state index contributed by atoms with van der Waals surface area (Å²) in [6, 6.07) is 21.2. The number of pyridine rings is 1. The van der Waals surface area contributed by atoms with Crippen LogP contribution in [0.4, 0.5) is 0 Å². The van der Waals surface area contributed by atoms with Crippen LogP contribution in [0.3, 0.4) is 0 Å². The molecule has 5 heteroatoms. The fourth-order valence-corrected chi connectivity index (χ4v) is 3.27. The largest absolute Gasteiger partial charge is 0.356 e. The number of hydrogen-bond donors (Lipinski definition) is 1. The van der Waals surface area contributed by atoms with Gasteiger partial charge < -0.3 is 10.3 Å². The van der Waals surface area contributed by atoms with E-state index in [1.165, 1.54) is 0 Å². The summed E-state index contributed by atoms with van der Waals surface area (Å²) in [5, 5.41) is 14.3. The number of rotatable bonds is 4. The third-order valence-electron chi connectivity index (χ3n) is 4.72. The Morgan fingerprint density at radius 2 is 1.85 bits per heavy atom. The molecule has 1 atom stereocenters. The number of aromatic nitrogens is 2. The number of nitrogens with zero attached hydrogens (tertiary/aromatic N) is 3. The Hall–Kier alpha value is -3.49. The maximum atomic E-state index is 9.11. The molecule has 0 unspecified atom stereocenters. The van der Waals surface area contributed by atoms with Crippen molar-refractivity contribution in [1.29, 1.82) is 5.26 Å². The average molecular weight is 354 g/mol. The van der Waals surface area contributed by atoms with E-state index in [0.29, 0.717) is 12.1 Å². The molecule has 27 heavy (non-hydrogen) atoms. The van der Waals surface area contributed by atoms with Gasteiger partial charge in [0.1, 0.15) is 17.5 Å². The van der Waals surface area contributed by atoms with Crippen LogP contribution in [0.15, 0.2) is 65.2 Å². The number of hydrogen-bond acceptors (Lipinski definition) is 5. The van der Waals surface area contributed by atoms with Crippen molar-refractivity contribution in [3.63, 3.8) is 0 Å². The Morgan fingerprint density at radius 1 is 1.07 bits per heavy atom. The topological polar surface area (TPSA) is 88.7 Å². The van der Waals surface area contributed by atoms with Crippen molar-refractivity contribution in [3.8, 4) is 17.3 Å². The van der Waals surface area contributed by atoms with Crippen molar-refractivity contribution >= 4 is 11.0 Å². The minimum Gasteiger partial charge on any atom is -0.356 e. The smallest absolute Gasteiger partial charge is 0.167 e. The predicted molar refractivity (Wildman–Crippen MR) is 104 cm³/mol. The SMILES string of the molecule is Cc1ccc(C#N)nc1C[C@H](N)c1ccccc1-c1noc2ccccc12. The molecule has 4 aromatic rings. The highest BCUT2D eigenvalue weighted by Crippen LogP contribution is 2.33. The first-order valence-corrected chi connectivity index (χ1v) is 8.73. The van der Waals surface area contributed by atoms with Crippen molar-refractivity contribution in [3.05, 3.63) is 83.2 Å². The minimum atomic E-state index is -0.281. The Labute approximate surface area is 157 Å². The standard InChI is InChI=1S/C22H18N4O/c1-14-10-11-15(13-23)25-20(14)12-19(24)16-6-2-3-7-17(16)22-18-8-4-5-9-21(18)27-26-22/h2-11,19H,12,24H2,1H3/t19-/m0/s1. The van der Waals surface area contributed by atoms with Crippen LogP contribution in [-0.2, 0) is 6.42 Å². The molecular weight excluding hydrogens is 336 g/mol. The van der Waals surface area contributed by atoms with E-state index in [1.807, 2.05) is 61.5 Å². The minimum absolute atomic E-state index is 0.281. The molecule has 0 aliphatic rings. The molecule has 0 fully saturated rings. The zero-order valence-corrected chi connectivity index (χ0v) is 14.9. The first-order chi connectivity index (χ1) is 13.2. The quantitative estimate of drug-likeness (QED) is 0.590. The zero-order chi connectivity index (χ0) is 18.8. The Morgan fingerprint density at radius 3 is 2.70 bits per heavy atom. The van der Waals surface area contributed by atoms with Gasteiger partial charge in [0, 0.05) is 29.1 Å². The van der Waals surface area contributed by atoms with E-state index in [1.54, 1.807) is 6.07 Å². The molecule has 0 saturated carbocycles. The van der Waals surface area contributed by atoms with Gasteiger partial charge in [0.05, 0.1) is 0 Å². The first-order valence-electron chi connectivity index (χ1n) is 8.73. The number of para-hydroxylation sites is 1. The van der Waals surface area contributed by atoms with Crippen molar-refractivity contribution in [2.24, 2.45) is 5.73 Å². The van der Waals surface area contributed by atoms with Crippen LogP contribution >= 0.6 is 0 Å². The molecule has 0 amide bonds. The van der Waals surface area contributed by atoms with Crippen molar-refractivity contribution in [1.82, 2.24) is 10.1 Å². The number of nitrogens with two attached hydrogens (primary N) is 1. The molecule has 0 radical (unpaired) electrons. The van der Waals surface area contributed by atoms with Crippen LogP contribution in [0.5, 0.6) is 0 Å². The molecule has 5 nitrogen and oxygen atoms in total. The second-order valence-electron chi connectivity index (χ2n) is 6.50. The molecule has 2 aromatic heterocycles. The van der Waals surface area contributed by atoms with Crippen molar-refractivity contribution in [2.75, 3.05) is 0 Å². The molecule has 2 heterocycles. The van der Waals surface area contributed by atoms with Crippen LogP contribution < -0.4 is 5.73 Å². The Balaban J connectivity index is 1.74. The molecule has 132 valence electrons. The molecule has 0 saturated heterocycles. The van der Waals surface area contributed by atoms with Gasteiger partial charge in [-0.2, -0.15) is 5.26 Å². The Bertz CT molecular complexity index is 1160. The number of benzene rings is 2. The van der Waals surface area contributed by atoms with Crippen LogP contribution in [0, 0.1) is 18.3 Å². The van der Waals surface area contributed by atoms with Gasteiger partial charge in [-0.3, -0.25) is 0 Å². The predicted octanol–water partition coefficient (Wildman–Crippen LogP) is 4.31. The number of nitriles is 1. The van der Waals surface area contributed by atoms with Crippen molar-refractivity contribution in [2.45, 2.75) is 19.4 Å². The molecule has 0 aliphatic carbocycles. The first kappa shape index (κ1) is 17.0. The summed E-state index contributed by atoms with van der Waals surface area (Å²) >= 11 is 0. The molecule has 2 aromatic carbocycles. The van der Waals surface area contributed by atoms with Crippen LogP contribution in [0.25, 0.3) is 22.2 Å². The molecule has 2 N–H and O–H groups in total. The van der Waals surface area contributed by atoms with E-state index >= 15 is 0 Å². The van der Waals surface area contributed by atoms with E-state index < -0.39 is 0 Å². The summed E-state index contributed by atoms with van der Waals surface area (Å²) in [5.41, 5.74) is 12.3. The highest BCUT2D eigenvalue weighted by molar-refractivity contribution is 5.92. The number of aryl methyl sites for hydroxylation is 1. The molecule has 4 rings (SSSR count). The summed E-state index contributed by atoms with van der Waals surface area (Å²) in [4.78, 5) is 4.42. The lowest BCUT2D eigenvalue weighted by molar-refractivity contribution is 0.459. The highest BCUT2D eigenvalue weighted by atomic mass is 16.5. The lowest BCUT2D eigenvalue weighted by Gasteiger charge is -2.16. The normalized spacial score (nSPS) is 12.0. The maximum Gasteiger partial charge on any atom is 0.167 e. The molecular formula is C22H18N4O. The lowest BCUT2D eigenvalue weighted by Crippen LogP contribution is -2.16. The van der Waals surface area contributed by atoms with E-state index in [9.17, 15) is 0 Å². The fraction of sp³-hybridized carbons (Fsp3) is 0.136. The van der Waals surface area contributed by atoms with E-state index in [2.05, 4.69) is 16.2 Å². The van der Waals surface area contributed by atoms with E-state index in [-0.39, 0.29) is 6.04 Å². The van der Waals surface area contributed by atoms with Gasteiger partial charge in [-0.25, -0.2) is 4.98 Å². The van der Waals surface area contributed by atoms with Crippen LogP contribution in [0.2, 0.25) is 0 Å². The van der Waals surface area contributed by atoms with Gasteiger partial charge in [0.2, 0.25) is 0 Å². The molecule has 0 spiro atoms. The van der Waals surface area contributed by atoms with E-state index in [0.717, 1.165) is 39.0 Å².